The van der Waals surface area contributed by atoms with E-state index in [0.29, 0.717) is 24.3 Å². The average Bonchev–Trinajstić information content (AvgIpc) is 2.84. The highest BCUT2D eigenvalue weighted by Crippen LogP contribution is 2.33. The lowest BCUT2D eigenvalue weighted by Crippen LogP contribution is -2.43. The van der Waals surface area contributed by atoms with Gasteiger partial charge in [0.25, 0.3) is 0 Å². The summed E-state index contributed by atoms with van der Waals surface area (Å²) in [4.78, 5) is 25.0. The smallest absolute Gasteiger partial charge is 0.323 e. The minimum atomic E-state index is -0.126. The number of carbonyl (C=O) groups is 1. The van der Waals surface area contributed by atoms with Crippen molar-refractivity contribution in [2.24, 2.45) is 0 Å². The lowest BCUT2D eigenvalue weighted by Gasteiger charge is -2.27. The van der Waals surface area contributed by atoms with Gasteiger partial charge in [0, 0.05) is 31.4 Å². The monoisotopic (exact) mass is 339 g/mol. The fraction of sp³-hybridized carbons (Fsp3) is 0.389. The van der Waals surface area contributed by atoms with Crippen molar-refractivity contribution in [1.82, 2.24) is 14.9 Å². The van der Waals surface area contributed by atoms with Crippen LogP contribution in [0.4, 0.5) is 16.3 Å². The van der Waals surface area contributed by atoms with Gasteiger partial charge in [-0.15, -0.1) is 0 Å². The molecular formula is C18H21N5O2. The van der Waals surface area contributed by atoms with E-state index in [-0.39, 0.29) is 6.03 Å². The quantitative estimate of drug-likeness (QED) is 0.908. The Kier molecular flexibility index (Phi) is 4.13. The molecule has 2 aromatic rings. The van der Waals surface area contributed by atoms with Crippen LogP contribution in [0.15, 0.2) is 36.7 Å². The number of aromatic nitrogens is 2. The Hall–Kier alpha value is -2.83. The van der Waals surface area contributed by atoms with Crippen LogP contribution in [0, 0.1) is 0 Å². The molecule has 4 rings (SSSR count). The Morgan fingerprint density at radius 3 is 3.04 bits per heavy atom. The van der Waals surface area contributed by atoms with Crippen molar-refractivity contribution in [2.45, 2.75) is 18.9 Å². The average molecular weight is 339 g/mol. The fourth-order valence-corrected chi connectivity index (χ4v) is 3.66. The van der Waals surface area contributed by atoms with E-state index in [1.807, 2.05) is 4.90 Å². The summed E-state index contributed by atoms with van der Waals surface area (Å²) in [7, 11) is 1.54. The number of hydrogen-bond acceptors (Lipinski definition) is 5. The fourth-order valence-electron chi connectivity index (χ4n) is 3.66. The predicted octanol–water partition coefficient (Wildman–Crippen LogP) is 2.15. The van der Waals surface area contributed by atoms with Crippen molar-refractivity contribution >= 4 is 17.5 Å². The Balaban J connectivity index is 1.46. The predicted molar refractivity (Wildman–Crippen MR) is 95.1 cm³/mol. The number of nitrogens with one attached hydrogen (secondary N) is 1. The zero-order valence-corrected chi connectivity index (χ0v) is 14.2. The van der Waals surface area contributed by atoms with Crippen molar-refractivity contribution < 1.29 is 9.53 Å². The maximum atomic E-state index is 12.7. The molecule has 0 radical (unpaired) electrons. The zero-order chi connectivity index (χ0) is 17.2. The van der Waals surface area contributed by atoms with Crippen LogP contribution in [0.2, 0.25) is 0 Å². The number of methoxy groups -OCH3 is 1. The van der Waals surface area contributed by atoms with Crippen molar-refractivity contribution in [3.63, 3.8) is 0 Å². The third-order valence-corrected chi connectivity index (χ3v) is 4.83. The van der Waals surface area contributed by atoms with E-state index in [9.17, 15) is 4.79 Å². The van der Waals surface area contributed by atoms with E-state index >= 15 is 0 Å². The SMILES string of the molecule is COc1cc(NC(=O)N2CCCN3c4ccccc4CC3C2)ncn1. The number of ether oxygens (including phenoxy) is 1. The summed E-state index contributed by atoms with van der Waals surface area (Å²) in [6.07, 6.45) is 3.32. The molecule has 2 aliphatic heterocycles. The van der Waals surface area contributed by atoms with Gasteiger partial charge in [-0.2, -0.15) is 0 Å². The van der Waals surface area contributed by atoms with Crippen molar-refractivity contribution in [1.29, 1.82) is 0 Å². The Labute approximate surface area is 146 Å². The summed E-state index contributed by atoms with van der Waals surface area (Å²) in [5, 5.41) is 2.85. The molecule has 7 heteroatoms. The highest BCUT2D eigenvalue weighted by Gasteiger charge is 2.33. The number of para-hydroxylation sites is 1. The lowest BCUT2D eigenvalue weighted by atomic mass is 10.1. The second kappa shape index (κ2) is 6.58. The van der Waals surface area contributed by atoms with E-state index in [4.69, 9.17) is 4.74 Å². The third kappa shape index (κ3) is 3.09. The highest BCUT2D eigenvalue weighted by molar-refractivity contribution is 5.88. The number of anilines is 2. The van der Waals surface area contributed by atoms with Gasteiger partial charge in [-0.05, 0) is 24.5 Å². The van der Waals surface area contributed by atoms with Gasteiger partial charge in [0.1, 0.15) is 12.1 Å². The van der Waals surface area contributed by atoms with Gasteiger partial charge in [0.2, 0.25) is 5.88 Å². The molecule has 1 unspecified atom stereocenters. The molecule has 1 aromatic carbocycles. The van der Waals surface area contributed by atoms with Crippen LogP contribution < -0.4 is 15.0 Å². The van der Waals surface area contributed by atoms with Gasteiger partial charge >= 0.3 is 6.03 Å². The van der Waals surface area contributed by atoms with E-state index in [0.717, 1.165) is 25.9 Å². The van der Waals surface area contributed by atoms with E-state index in [1.165, 1.54) is 24.7 Å². The highest BCUT2D eigenvalue weighted by atomic mass is 16.5. The Morgan fingerprint density at radius 1 is 1.28 bits per heavy atom. The molecule has 1 saturated heterocycles. The standard InChI is InChI=1S/C18H21N5O2/c1-25-17-10-16(19-12-20-17)21-18(24)22-7-4-8-23-14(11-22)9-13-5-2-3-6-15(13)23/h2-3,5-6,10,12,14H,4,7-9,11H2,1H3,(H,19,20,21,24). The molecule has 1 N–H and O–H groups in total. The van der Waals surface area contributed by atoms with Crippen LogP contribution in [0.1, 0.15) is 12.0 Å². The van der Waals surface area contributed by atoms with Crippen molar-refractivity contribution in [3.05, 3.63) is 42.2 Å². The van der Waals surface area contributed by atoms with Crippen molar-refractivity contribution in [2.75, 3.05) is 37.0 Å². The summed E-state index contributed by atoms with van der Waals surface area (Å²) in [6.45, 7) is 2.43. The molecule has 1 fully saturated rings. The van der Waals surface area contributed by atoms with Crippen LogP contribution in [0.3, 0.4) is 0 Å². The molecule has 7 nitrogen and oxygen atoms in total. The van der Waals surface area contributed by atoms with Crippen molar-refractivity contribution in [3.8, 4) is 5.88 Å². The molecule has 2 aliphatic rings. The first-order valence-corrected chi connectivity index (χ1v) is 8.51. The molecular weight excluding hydrogens is 318 g/mol. The summed E-state index contributed by atoms with van der Waals surface area (Å²) in [5.74, 6) is 0.881. The van der Waals surface area contributed by atoms with Gasteiger partial charge in [-0.3, -0.25) is 5.32 Å². The molecule has 3 heterocycles. The van der Waals surface area contributed by atoms with Crippen LogP contribution in [-0.4, -0.2) is 53.7 Å². The van der Waals surface area contributed by atoms with E-state index in [2.05, 4.69) is 44.5 Å². The second-order valence-corrected chi connectivity index (χ2v) is 6.36. The molecule has 0 saturated carbocycles. The van der Waals surface area contributed by atoms with Crippen LogP contribution >= 0.6 is 0 Å². The number of benzene rings is 1. The number of amides is 2. The van der Waals surface area contributed by atoms with Crippen LogP contribution in [0.25, 0.3) is 0 Å². The van der Waals surface area contributed by atoms with Gasteiger partial charge in [0.15, 0.2) is 0 Å². The normalized spacial score (nSPS) is 19.0. The Morgan fingerprint density at radius 2 is 2.16 bits per heavy atom. The minimum absolute atomic E-state index is 0.126. The molecule has 0 spiro atoms. The largest absolute Gasteiger partial charge is 0.481 e. The van der Waals surface area contributed by atoms with Gasteiger partial charge in [-0.1, -0.05) is 18.2 Å². The maximum absolute atomic E-state index is 12.7. The zero-order valence-electron chi connectivity index (χ0n) is 14.2. The topological polar surface area (TPSA) is 70.6 Å². The van der Waals surface area contributed by atoms with Crippen LogP contribution in [-0.2, 0) is 6.42 Å². The molecule has 2 amide bonds. The minimum Gasteiger partial charge on any atom is -0.481 e. The van der Waals surface area contributed by atoms with Gasteiger partial charge in [-0.25, -0.2) is 14.8 Å². The molecule has 0 bridgehead atoms. The first kappa shape index (κ1) is 15.7. The lowest BCUT2D eigenvalue weighted by molar-refractivity contribution is 0.211. The van der Waals surface area contributed by atoms with Gasteiger partial charge < -0.3 is 14.5 Å². The molecule has 25 heavy (non-hydrogen) atoms. The summed E-state index contributed by atoms with van der Waals surface area (Å²) in [5.41, 5.74) is 2.69. The van der Waals surface area contributed by atoms with E-state index in [1.54, 1.807) is 6.07 Å². The molecule has 1 atom stereocenters. The van der Waals surface area contributed by atoms with Crippen LogP contribution in [0.5, 0.6) is 5.88 Å². The summed E-state index contributed by atoms with van der Waals surface area (Å²) >= 11 is 0. The first-order valence-electron chi connectivity index (χ1n) is 8.51. The number of rotatable bonds is 2. The molecule has 1 aromatic heterocycles. The number of urea groups is 1. The first-order chi connectivity index (χ1) is 12.2. The number of fused-ring (bicyclic) bond motifs is 3. The van der Waals surface area contributed by atoms with Gasteiger partial charge in [0.05, 0.1) is 13.2 Å². The second-order valence-electron chi connectivity index (χ2n) is 6.36. The number of nitrogens with zero attached hydrogens (tertiary/aromatic N) is 4. The third-order valence-electron chi connectivity index (χ3n) is 4.83. The molecule has 0 aliphatic carbocycles. The van der Waals surface area contributed by atoms with E-state index < -0.39 is 0 Å². The number of hydrogen-bond donors (Lipinski definition) is 1. The Bertz CT molecular complexity index is 782. The molecule has 130 valence electrons. The summed E-state index contributed by atoms with van der Waals surface area (Å²) in [6, 6.07) is 10.4. The summed E-state index contributed by atoms with van der Waals surface area (Å²) < 4.78 is 5.07. The maximum Gasteiger partial charge on any atom is 0.323 e. The number of carbonyl (C=O) groups excluding carboxylic acids is 1.